The van der Waals surface area contributed by atoms with E-state index in [4.69, 9.17) is 0 Å². The highest BCUT2D eigenvalue weighted by Crippen LogP contribution is 2.18. The monoisotopic (exact) mass is 285 g/mol. The van der Waals surface area contributed by atoms with E-state index in [1.165, 1.54) is 12.1 Å². The second kappa shape index (κ2) is 4.78. The molecule has 0 spiro atoms. The lowest BCUT2D eigenvalue weighted by Gasteiger charge is -2.29. The summed E-state index contributed by atoms with van der Waals surface area (Å²) in [5.41, 5.74) is 0.00309. The Balaban J connectivity index is 2.07. The first-order valence-corrected chi connectivity index (χ1v) is 6.07. The molecule has 0 saturated carbocycles. The number of likely N-dealkylation sites (tertiary alicyclic amines) is 1. The van der Waals surface area contributed by atoms with Gasteiger partial charge in [0.2, 0.25) is 0 Å². The minimum absolute atomic E-state index is 0.115. The highest BCUT2D eigenvalue weighted by Gasteiger charge is 2.22. The number of hydrogen-bond donors (Lipinski definition) is 1. The van der Waals surface area contributed by atoms with Gasteiger partial charge in [0.25, 0.3) is 11.5 Å². The number of nitrogens with zero attached hydrogens (tertiary/aromatic N) is 2. The van der Waals surface area contributed by atoms with Gasteiger partial charge < -0.3 is 4.90 Å². The second-order valence-electron chi connectivity index (χ2n) is 3.77. The fourth-order valence-electron chi connectivity index (χ4n) is 1.68. The van der Waals surface area contributed by atoms with E-state index < -0.39 is 0 Å². The van der Waals surface area contributed by atoms with Crippen molar-refractivity contribution in [3.8, 4) is 0 Å². The maximum absolute atomic E-state index is 11.9. The zero-order valence-electron chi connectivity index (χ0n) is 8.65. The first kappa shape index (κ1) is 11.3. The molecule has 2 heterocycles. The van der Waals surface area contributed by atoms with Crippen LogP contribution in [0.15, 0.2) is 16.9 Å². The molecule has 6 heteroatoms. The lowest BCUT2D eigenvalue weighted by Crippen LogP contribution is -2.39. The quantitative estimate of drug-likeness (QED) is 0.775. The van der Waals surface area contributed by atoms with E-state index in [2.05, 4.69) is 26.1 Å². The smallest absolute Gasteiger partial charge is 0.274 e. The van der Waals surface area contributed by atoms with Crippen molar-refractivity contribution in [3.63, 3.8) is 0 Å². The lowest BCUT2D eigenvalue weighted by molar-refractivity contribution is 0.0721. The SMILES string of the molecule is O=C(c1ccc(=O)[nH]n1)N1CCC(Br)CC1. The van der Waals surface area contributed by atoms with Gasteiger partial charge in [0, 0.05) is 24.0 Å². The van der Waals surface area contributed by atoms with Gasteiger partial charge in [-0.25, -0.2) is 5.10 Å². The zero-order chi connectivity index (χ0) is 11.5. The van der Waals surface area contributed by atoms with E-state index >= 15 is 0 Å². The van der Waals surface area contributed by atoms with Crippen LogP contribution < -0.4 is 5.56 Å². The van der Waals surface area contributed by atoms with Crippen LogP contribution >= 0.6 is 15.9 Å². The van der Waals surface area contributed by atoms with Gasteiger partial charge in [0.15, 0.2) is 0 Å². The summed E-state index contributed by atoms with van der Waals surface area (Å²) in [5, 5.41) is 6.00. The number of piperidine rings is 1. The molecule has 1 aromatic rings. The van der Waals surface area contributed by atoms with Crippen molar-refractivity contribution < 1.29 is 4.79 Å². The van der Waals surface area contributed by atoms with E-state index in [0.29, 0.717) is 10.5 Å². The molecule has 1 aliphatic heterocycles. The topological polar surface area (TPSA) is 66.1 Å². The summed E-state index contributed by atoms with van der Waals surface area (Å²) < 4.78 is 0. The van der Waals surface area contributed by atoms with E-state index in [9.17, 15) is 9.59 Å². The van der Waals surface area contributed by atoms with Crippen LogP contribution in [0.1, 0.15) is 23.3 Å². The van der Waals surface area contributed by atoms with Gasteiger partial charge in [-0.05, 0) is 18.9 Å². The number of carbonyl (C=O) groups is 1. The molecule has 0 unspecified atom stereocenters. The molecular weight excluding hydrogens is 274 g/mol. The minimum atomic E-state index is -0.296. The largest absolute Gasteiger partial charge is 0.337 e. The highest BCUT2D eigenvalue weighted by atomic mass is 79.9. The predicted molar refractivity (Wildman–Crippen MR) is 62.7 cm³/mol. The maximum atomic E-state index is 11.9. The number of carbonyl (C=O) groups excluding carboxylic acids is 1. The molecule has 1 fully saturated rings. The van der Waals surface area contributed by atoms with Gasteiger partial charge in [-0.15, -0.1) is 0 Å². The second-order valence-corrected chi connectivity index (χ2v) is 5.07. The molecule has 16 heavy (non-hydrogen) atoms. The molecule has 1 N–H and O–H groups in total. The Morgan fingerprint density at radius 3 is 2.69 bits per heavy atom. The third-order valence-electron chi connectivity index (χ3n) is 2.61. The van der Waals surface area contributed by atoms with Crippen molar-refractivity contribution in [1.82, 2.24) is 15.1 Å². The Morgan fingerprint density at radius 2 is 2.12 bits per heavy atom. The normalized spacial score (nSPS) is 17.4. The molecule has 0 atom stereocenters. The van der Waals surface area contributed by atoms with Gasteiger partial charge in [-0.3, -0.25) is 9.59 Å². The van der Waals surface area contributed by atoms with Gasteiger partial charge in [0.05, 0.1) is 0 Å². The van der Waals surface area contributed by atoms with Crippen molar-refractivity contribution >= 4 is 21.8 Å². The number of hydrogen-bond acceptors (Lipinski definition) is 3. The molecule has 1 saturated heterocycles. The molecule has 0 aliphatic carbocycles. The van der Waals surface area contributed by atoms with E-state index in [0.717, 1.165) is 25.9 Å². The first-order chi connectivity index (χ1) is 7.66. The van der Waals surface area contributed by atoms with Gasteiger partial charge in [0.1, 0.15) is 5.69 Å². The van der Waals surface area contributed by atoms with Gasteiger partial charge in [-0.1, -0.05) is 15.9 Å². The van der Waals surface area contributed by atoms with Crippen LogP contribution in [-0.2, 0) is 0 Å². The predicted octanol–water partition coefficient (Wildman–Crippen LogP) is 0.769. The van der Waals surface area contributed by atoms with E-state index in [-0.39, 0.29) is 11.5 Å². The van der Waals surface area contributed by atoms with Crippen molar-refractivity contribution in [1.29, 1.82) is 0 Å². The third-order valence-corrected chi connectivity index (χ3v) is 3.53. The Hall–Kier alpha value is -1.17. The fourth-order valence-corrected chi connectivity index (χ4v) is 2.09. The number of alkyl halides is 1. The summed E-state index contributed by atoms with van der Waals surface area (Å²) in [6.07, 6.45) is 1.91. The van der Waals surface area contributed by atoms with Gasteiger partial charge in [-0.2, -0.15) is 5.10 Å². The van der Waals surface area contributed by atoms with Crippen LogP contribution in [0.5, 0.6) is 0 Å². The average Bonchev–Trinajstić information content (AvgIpc) is 2.30. The molecule has 2 rings (SSSR count). The number of rotatable bonds is 1. The summed E-state index contributed by atoms with van der Waals surface area (Å²) in [6, 6.07) is 2.78. The van der Waals surface area contributed by atoms with E-state index in [1.54, 1.807) is 4.90 Å². The maximum Gasteiger partial charge on any atom is 0.274 e. The van der Waals surface area contributed by atoms with Gasteiger partial charge >= 0.3 is 0 Å². The first-order valence-electron chi connectivity index (χ1n) is 5.16. The fraction of sp³-hybridized carbons (Fsp3) is 0.500. The molecule has 0 radical (unpaired) electrons. The Kier molecular flexibility index (Phi) is 3.38. The van der Waals surface area contributed by atoms with Crippen molar-refractivity contribution in [2.45, 2.75) is 17.7 Å². The Labute approximate surface area is 101 Å². The molecule has 0 bridgehead atoms. The van der Waals surface area contributed by atoms with Crippen LogP contribution in [0, 0.1) is 0 Å². The number of halogens is 1. The summed E-state index contributed by atoms with van der Waals surface area (Å²) in [6.45, 7) is 1.46. The molecule has 5 nitrogen and oxygen atoms in total. The molecule has 1 amide bonds. The van der Waals surface area contributed by atoms with Crippen LogP contribution in [0.4, 0.5) is 0 Å². The van der Waals surface area contributed by atoms with Crippen molar-refractivity contribution in [2.75, 3.05) is 13.1 Å². The Morgan fingerprint density at radius 1 is 1.44 bits per heavy atom. The molecular formula is C10H12BrN3O2. The number of aromatic nitrogens is 2. The number of aromatic amines is 1. The highest BCUT2D eigenvalue weighted by molar-refractivity contribution is 9.09. The van der Waals surface area contributed by atoms with Crippen LogP contribution in [0.25, 0.3) is 0 Å². The van der Waals surface area contributed by atoms with Crippen molar-refractivity contribution in [3.05, 3.63) is 28.2 Å². The molecule has 1 aliphatic rings. The summed E-state index contributed by atoms with van der Waals surface area (Å²) in [5.74, 6) is -0.115. The number of H-pyrrole nitrogens is 1. The third kappa shape index (κ3) is 2.49. The number of nitrogens with one attached hydrogen (secondary N) is 1. The molecule has 1 aromatic heterocycles. The van der Waals surface area contributed by atoms with Crippen LogP contribution in [0.3, 0.4) is 0 Å². The average molecular weight is 286 g/mol. The Bertz CT molecular complexity index is 417. The van der Waals surface area contributed by atoms with E-state index in [1.807, 2.05) is 0 Å². The molecule has 0 aromatic carbocycles. The lowest BCUT2D eigenvalue weighted by atomic mass is 10.1. The van der Waals surface area contributed by atoms with Crippen LogP contribution in [-0.4, -0.2) is 38.9 Å². The summed E-state index contributed by atoms with van der Waals surface area (Å²) >= 11 is 3.53. The summed E-state index contributed by atoms with van der Waals surface area (Å²) in [4.78, 5) is 25.0. The minimum Gasteiger partial charge on any atom is -0.337 e. The summed E-state index contributed by atoms with van der Waals surface area (Å²) in [7, 11) is 0. The number of amides is 1. The van der Waals surface area contributed by atoms with Crippen molar-refractivity contribution in [2.24, 2.45) is 0 Å². The standard InChI is InChI=1S/C10H12BrN3O2/c11-7-3-5-14(6-4-7)10(16)8-1-2-9(15)13-12-8/h1-2,7H,3-6H2,(H,13,15). The van der Waals surface area contributed by atoms with Crippen LogP contribution in [0.2, 0.25) is 0 Å². The zero-order valence-corrected chi connectivity index (χ0v) is 10.2. The molecule has 86 valence electrons.